The van der Waals surface area contributed by atoms with Crippen LogP contribution >= 0.6 is 22.9 Å². The van der Waals surface area contributed by atoms with E-state index in [-0.39, 0.29) is 6.61 Å². The molecule has 4 rings (SSSR count). The number of esters is 1. The van der Waals surface area contributed by atoms with Crippen molar-refractivity contribution in [2.24, 2.45) is 12.8 Å². The lowest BCUT2D eigenvalue weighted by Gasteiger charge is -2.06. The molecule has 0 radical (unpaired) electrons. The van der Waals surface area contributed by atoms with Crippen LogP contribution < -0.4 is 5.73 Å². The molecular formula is C20H16ClN3O3S. The number of carbonyl (C=O) groups excluding carboxylic acids is 2. The molecule has 1 amide bonds. The molecule has 4 aromatic rings. The van der Waals surface area contributed by atoms with Gasteiger partial charge in [0.05, 0.1) is 28.2 Å². The minimum Gasteiger partial charge on any atom is -0.462 e. The lowest BCUT2D eigenvalue weighted by molar-refractivity contribution is 0.0532. The zero-order valence-electron chi connectivity index (χ0n) is 15.2. The van der Waals surface area contributed by atoms with Gasteiger partial charge in [-0.05, 0) is 37.3 Å². The van der Waals surface area contributed by atoms with Gasteiger partial charge in [-0.15, -0.1) is 11.3 Å². The minimum atomic E-state index is -0.513. The molecule has 0 atom stereocenters. The van der Waals surface area contributed by atoms with Crippen molar-refractivity contribution in [3.8, 4) is 11.4 Å². The number of nitrogens with zero attached hydrogens (tertiary/aromatic N) is 2. The monoisotopic (exact) mass is 413 g/mol. The Kier molecular flexibility index (Phi) is 4.56. The average molecular weight is 414 g/mol. The van der Waals surface area contributed by atoms with Gasteiger partial charge >= 0.3 is 5.97 Å². The molecule has 2 aromatic carbocycles. The van der Waals surface area contributed by atoms with E-state index in [1.165, 1.54) is 11.3 Å². The molecule has 142 valence electrons. The van der Waals surface area contributed by atoms with Gasteiger partial charge in [0.1, 0.15) is 10.7 Å². The zero-order chi connectivity index (χ0) is 20.0. The quantitative estimate of drug-likeness (QED) is 0.503. The summed E-state index contributed by atoms with van der Waals surface area (Å²) in [6.07, 6.45) is 0. The van der Waals surface area contributed by atoms with Crippen molar-refractivity contribution in [2.45, 2.75) is 6.92 Å². The summed E-state index contributed by atoms with van der Waals surface area (Å²) in [5.74, 6) is -0.362. The van der Waals surface area contributed by atoms with Gasteiger partial charge < -0.3 is 15.0 Å². The van der Waals surface area contributed by atoms with E-state index in [2.05, 4.69) is 0 Å². The summed E-state index contributed by atoms with van der Waals surface area (Å²) in [5, 5.41) is 1.29. The second-order valence-electron chi connectivity index (χ2n) is 6.20. The summed E-state index contributed by atoms with van der Waals surface area (Å²) in [7, 11) is 1.82. The molecule has 0 saturated carbocycles. The number of hydrogen-bond donors (Lipinski definition) is 1. The second kappa shape index (κ2) is 6.92. The summed E-state index contributed by atoms with van der Waals surface area (Å²) >= 11 is 7.80. The molecule has 0 bridgehead atoms. The molecule has 0 saturated heterocycles. The number of hydrogen-bond acceptors (Lipinski definition) is 5. The highest BCUT2D eigenvalue weighted by Gasteiger charge is 2.26. The van der Waals surface area contributed by atoms with E-state index in [9.17, 15) is 9.59 Å². The Morgan fingerprint density at radius 2 is 2.07 bits per heavy atom. The number of benzene rings is 2. The maximum absolute atomic E-state index is 12.6. The van der Waals surface area contributed by atoms with E-state index in [0.29, 0.717) is 32.4 Å². The largest absolute Gasteiger partial charge is 0.462 e. The molecule has 0 aliphatic carbocycles. The number of thiophene rings is 1. The van der Waals surface area contributed by atoms with Gasteiger partial charge in [-0.1, -0.05) is 17.7 Å². The van der Waals surface area contributed by atoms with Crippen LogP contribution in [-0.4, -0.2) is 28.0 Å². The molecule has 6 nitrogen and oxygen atoms in total. The summed E-state index contributed by atoms with van der Waals surface area (Å²) in [5.41, 5.74) is 7.83. The average Bonchev–Trinajstić information content (AvgIpc) is 3.20. The van der Waals surface area contributed by atoms with Gasteiger partial charge in [0.15, 0.2) is 0 Å². The zero-order valence-corrected chi connectivity index (χ0v) is 16.7. The lowest BCUT2D eigenvalue weighted by Crippen LogP contribution is -2.10. The highest BCUT2D eigenvalue weighted by Crippen LogP contribution is 2.42. The third-order valence-electron chi connectivity index (χ3n) is 4.51. The molecular weight excluding hydrogens is 398 g/mol. The van der Waals surface area contributed by atoms with Crippen molar-refractivity contribution >= 4 is 55.9 Å². The Hall–Kier alpha value is -2.90. The molecule has 0 spiro atoms. The minimum absolute atomic E-state index is 0.269. The Bertz CT molecular complexity index is 1260. The standard InChI is InChI=1S/C20H16ClN3O3S/c1-3-27-20(26)17-16(15-11(21)5-4-6-14(15)28-17)19-23-12-8-7-10(18(22)25)9-13(12)24(19)2/h4-9H,3H2,1-2H3,(H2,22,25). The van der Waals surface area contributed by atoms with Crippen LogP contribution in [0.4, 0.5) is 0 Å². The fourth-order valence-corrected chi connectivity index (χ4v) is 4.67. The molecule has 2 aromatic heterocycles. The summed E-state index contributed by atoms with van der Waals surface area (Å²) < 4.78 is 7.95. The second-order valence-corrected chi connectivity index (χ2v) is 7.66. The van der Waals surface area contributed by atoms with E-state index in [4.69, 9.17) is 27.1 Å². The van der Waals surface area contributed by atoms with Crippen molar-refractivity contribution in [1.82, 2.24) is 9.55 Å². The Morgan fingerprint density at radius 1 is 1.29 bits per heavy atom. The van der Waals surface area contributed by atoms with Crippen molar-refractivity contribution < 1.29 is 14.3 Å². The smallest absolute Gasteiger partial charge is 0.349 e. The molecule has 2 N–H and O–H groups in total. The number of carbonyl (C=O) groups is 2. The Balaban J connectivity index is 2.05. The third kappa shape index (κ3) is 2.83. The van der Waals surface area contributed by atoms with Crippen LogP contribution in [-0.2, 0) is 11.8 Å². The molecule has 8 heteroatoms. The number of primary amides is 1. The first-order valence-corrected chi connectivity index (χ1v) is 9.76. The first-order valence-electron chi connectivity index (χ1n) is 8.57. The SMILES string of the molecule is CCOC(=O)c1sc2cccc(Cl)c2c1-c1nc2ccc(C(N)=O)cc2n1C. The van der Waals surface area contributed by atoms with Gasteiger partial charge in [-0.25, -0.2) is 9.78 Å². The molecule has 0 aliphatic heterocycles. The maximum Gasteiger partial charge on any atom is 0.349 e. The highest BCUT2D eigenvalue weighted by atomic mass is 35.5. The molecule has 28 heavy (non-hydrogen) atoms. The van der Waals surface area contributed by atoms with Crippen LogP contribution in [0.1, 0.15) is 27.0 Å². The number of nitrogens with two attached hydrogens (primary N) is 1. The molecule has 0 fully saturated rings. The fourth-order valence-electron chi connectivity index (χ4n) is 3.23. The van der Waals surface area contributed by atoms with Crippen molar-refractivity contribution in [3.63, 3.8) is 0 Å². The fraction of sp³-hybridized carbons (Fsp3) is 0.150. The number of rotatable bonds is 4. The van der Waals surface area contributed by atoms with E-state index < -0.39 is 11.9 Å². The first-order chi connectivity index (χ1) is 13.4. The number of aromatic nitrogens is 2. The van der Waals surface area contributed by atoms with Crippen LogP contribution in [0.15, 0.2) is 36.4 Å². The van der Waals surface area contributed by atoms with Crippen LogP contribution in [0, 0.1) is 0 Å². The topological polar surface area (TPSA) is 87.2 Å². The van der Waals surface area contributed by atoms with Crippen molar-refractivity contribution in [2.75, 3.05) is 6.61 Å². The Labute approximate surface area is 169 Å². The predicted molar refractivity (Wildman–Crippen MR) is 111 cm³/mol. The van der Waals surface area contributed by atoms with Gasteiger partial charge in [-0.3, -0.25) is 4.79 Å². The number of imidazole rings is 1. The number of ether oxygens (including phenoxy) is 1. The number of aryl methyl sites for hydroxylation is 1. The predicted octanol–water partition coefficient (Wildman–Crippen LogP) is 4.38. The lowest BCUT2D eigenvalue weighted by atomic mass is 10.1. The van der Waals surface area contributed by atoms with Crippen LogP contribution in [0.3, 0.4) is 0 Å². The third-order valence-corrected chi connectivity index (χ3v) is 5.96. The summed E-state index contributed by atoms with van der Waals surface area (Å²) in [4.78, 5) is 29.3. The summed E-state index contributed by atoms with van der Waals surface area (Å²) in [6, 6.07) is 10.6. The first kappa shape index (κ1) is 18.5. The van der Waals surface area contributed by atoms with Gasteiger partial charge in [0, 0.05) is 22.7 Å². The van der Waals surface area contributed by atoms with E-state index in [0.717, 1.165) is 15.6 Å². The van der Waals surface area contributed by atoms with Gasteiger partial charge in [-0.2, -0.15) is 0 Å². The maximum atomic E-state index is 12.6. The van der Waals surface area contributed by atoms with Gasteiger partial charge in [0.25, 0.3) is 0 Å². The number of amides is 1. The van der Waals surface area contributed by atoms with Crippen molar-refractivity contribution in [1.29, 1.82) is 0 Å². The van der Waals surface area contributed by atoms with E-state index in [1.54, 1.807) is 31.2 Å². The molecule has 0 unspecified atom stereocenters. The van der Waals surface area contributed by atoms with Gasteiger partial charge in [0.2, 0.25) is 5.91 Å². The van der Waals surface area contributed by atoms with E-state index in [1.807, 2.05) is 23.7 Å². The van der Waals surface area contributed by atoms with Crippen molar-refractivity contribution in [3.05, 3.63) is 51.9 Å². The van der Waals surface area contributed by atoms with Crippen LogP contribution in [0.25, 0.3) is 32.5 Å². The normalized spacial score (nSPS) is 11.2. The molecule has 2 heterocycles. The molecule has 0 aliphatic rings. The highest BCUT2D eigenvalue weighted by molar-refractivity contribution is 7.21. The number of fused-ring (bicyclic) bond motifs is 2. The van der Waals surface area contributed by atoms with Crippen LogP contribution in [0.2, 0.25) is 5.02 Å². The Morgan fingerprint density at radius 3 is 2.79 bits per heavy atom. The summed E-state index contributed by atoms with van der Waals surface area (Å²) in [6.45, 7) is 2.03. The van der Waals surface area contributed by atoms with E-state index >= 15 is 0 Å². The number of halogens is 1. The van der Waals surface area contributed by atoms with Crippen LogP contribution in [0.5, 0.6) is 0 Å².